The van der Waals surface area contributed by atoms with Crippen molar-refractivity contribution in [3.05, 3.63) is 24.3 Å². The van der Waals surface area contributed by atoms with Gasteiger partial charge >= 0.3 is 0 Å². The molecule has 4 unspecified atom stereocenters. The zero-order valence-electron chi connectivity index (χ0n) is 21.9. The second-order valence-corrected chi connectivity index (χ2v) is 10.1. The molecule has 0 amide bonds. The van der Waals surface area contributed by atoms with E-state index in [4.69, 9.17) is 0 Å². The SMILES string of the molecule is C=Nc1ccccc1N(C)C(C)CC(CCC(C)C)N(C)C(C)CC(CC)CCCC. The number of benzene rings is 1. The summed E-state index contributed by atoms with van der Waals surface area (Å²) in [5.41, 5.74) is 2.15. The van der Waals surface area contributed by atoms with E-state index in [-0.39, 0.29) is 0 Å². The van der Waals surface area contributed by atoms with Crippen molar-refractivity contribution >= 4 is 18.1 Å². The van der Waals surface area contributed by atoms with Gasteiger partial charge in [-0.2, -0.15) is 0 Å². The van der Waals surface area contributed by atoms with Crippen LogP contribution in [0.5, 0.6) is 0 Å². The molecule has 1 rings (SSSR count). The maximum atomic E-state index is 4.24. The number of aliphatic imine (C=N–C) groups is 1. The van der Waals surface area contributed by atoms with E-state index in [0.29, 0.717) is 18.1 Å². The first kappa shape index (κ1) is 27.7. The van der Waals surface area contributed by atoms with Crippen LogP contribution in [0.1, 0.15) is 92.9 Å². The van der Waals surface area contributed by atoms with Crippen LogP contribution in [0.2, 0.25) is 0 Å². The Morgan fingerprint density at radius 2 is 1.58 bits per heavy atom. The molecule has 0 heterocycles. The van der Waals surface area contributed by atoms with E-state index in [2.05, 4.69) is 95.3 Å². The van der Waals surface area contributed by atoms with Crippen LogP contribution >= 0.6 is 0 Å². The molecular formula is C28H51N3. The molecular weight excluding hydrogens is 378 g/mol. The standard InChI is InChI=1S/C28H51N3/c1-10-12-15-25(11-2)20-23(5)30(8)26(19-18-22(3)4)21-24(6)31(9)28-17-14-13-16-27(28)29-7/h13-14,16-17,22-26H,7,10-12,15,18-21H2,1-6,8-9H3. The summed E-state index contributed by atoms with van der Waals surface area (Å²) in [5.74, 6) is 1.60. The number of anilines is 1. The van der Waals surface area contributed by atoms with Gasteiger partial charge in [0.25, 0.3) is 0 Å². The zero-order valence-corrected chi connectivity index (χ0v) is 21.9. The van der Waals surface area contributed by atoms with Crippen LogP contribution in [0.15, 0.2) is 29.3 Å². The number of hydrogen-bond donors (Lipinski definition) is 0. The van der Waals surface area contributed by atoms with E-state index in [1.54, 1.807) is 0 Å². The third-order valence-electron chi connectivity index (χ3n) is 7.27. The van der Waals surface area contributed by atoms with Crippen LogP contribution in [0, 0.1) is 11.8 Å². The summed E-state index contributed by atoms with van der Waals surface area (Å²) < 4.78 is 0. The van der Waals surface area contributed by atoms with Crippen LogP contribution in [0.25, 0.3) is 0 Å². The molecule has 3 heteroatoms. The average molecular weight is 430 g/mol. The summed E-state index contributed by atoms with van der Waals surface area (Å²) >= 11 is 0. The van der Waals surface area contributed by atoms with Gasteiger partial charge in [-0.15, -0.1) is 0 Å². The highest BCUT2D eigenvalue weighted by atomic mass is 15.2. The molecule has 0 aliphatic carbocycles. The summed E-state index contributed by atoms with van der Waals surface area (Å²) in [5, 5.41) is 0. The van der Waals surface area contributed by atoms with Gasteiger partial charge in [-0.1, -0.05) is 65.5 Å². The lowest BCUT2D eigenvalue weighted by Crippen LogP contribution is -2.44. The Bertz CT molecular complexity index is 612. The highest BCUT2D eigenvalue weighted by Crippen LogP contribution is 2.31. The summed E-state index contributed by atoms with van der Waals surface area (Å²) in [7, 11) is 4.57. The third-order valence-corrected chi connectivity index (χ3v) is 7.27. The molecule has 31 heavy (non-hydrogen) atoms. The summed E-state index contributed by atoms with van der Waals surface area (Å²) in [6, 6.07) is 10.0. The minimum Gasteiger partial charge on any atom is -0.370 e. The van der Waals surface area contributed by atoms with Crippen LogP contribution in [0.3, 0.4) is 0 Å². The van der Waals surface area contributed by atoms with Gasteiger partial charge in [0.2, 0.25) is 0 Å². The number of hydrogen-bond acceptors (Lipinski definition) is 3. The Hall–Kier alpha value is -1.35. The van der Waals surface area contributed by atoms with Gasteiger partial charge in [0.15, 0.2) is 0 Å². The molecule has 0 N–H and O–H groups in total. The Balaban J connectivity index is 2.89. The predicted molar refractivity (Wildman–Crippen MR) is 141 cm³/mol. The first-order valence-corrected chi connectivity index (χ1v) is 12.7. The van der Waals surface area contributed by atoms with E-state index in [1.807, 2.05) is 6.07 Å². The lowest BCUT2D eigenvalue weighted by Gasteiger charge is -2.39. The van der Waals surface area contributed by atoms with Gasteiger partial charge in [-0.25, -0.2) is 0 Å². The van der Waals surface area contributed by atoms with Gasteiger partial charge in [0.05, 0.1) is 11.4 Å². The Labute approximate surface area is 194 Å². The normalized spacial score (nSPS) is 15.7. The molecule has 0 saturated carbocycles. The Morgan fingerprint density at radius 1 is 0.903 bits per heavy atom. The van der Waals surface area contributed by atoms with Crippen LogP contribution in [0.4, 0.5) is 11.4 Å². The maximum absolute atomic E-state index is 4.24. The van der Waals surface area contributed by atoms with E-state index in [9.17, 15) is 0 Å². The van der Waals surface area contributed by atoms with Crippen molar-refractivity contribution in [2.24, 2.45) is 16.8 Å². The number of nitrogens with zero attached hydrogens (tertiary/aromatic N) is 3. The van der Waals surface area contributed by atoms with Gasteiger partial charge in [0.1, 0.15) is 0 Å². The van der Waals surface area contributed by atoms with Crippen molar-refractivity contribution in [3.63, 3.8) is 0 Å². The topological polar surface area (TPSA) is 18.8 Å². The van der Waals surface area contributed by atoms with Crippen LogP contribution in [-0.4, -0.2) is 43.8 Å². The second-order valence-electron chi connectivity index (χ2n) is 10.1. The number of rotatable bonds is 16. The van der Waals surface area contributed by atoms with Crippen LogP contribution < -0.4 is 4.90 Å². The molecule has 4 atom stereocenters. The molecule has 0 fully saturated rings. The summed E-state index contributed by atoms with van der Waals surface area (Å²) in [4.78, 5) is 9.32. The fraction of sp³-hybridized carbons (Fsp3) is 0.750. The van der Waals surface area contributed by atoms with Crippen LogP contribution in [-0.2, 0) is 0 Å². The van der Waals surface area contributed by atoms with Gasteiger partial charge < -0.3 is 9.80 Å². The fourth-order valence-electron chi connectivity index (χ4n) is 4.69. The van der Waals surface area contributed by atoms with Gasteiger partial charge in [-0.05, 0) is 77.3 Å². The first-order chi connectivity index (χ1) is 14.7. The third kappa shape index (κ3) is 9.35. The molecule has 178 valence electrons. The molecule has 0 aromatic heterocycles. The van der Waals surface area contributed by atoms with E-state index < -0.39 is 0 Å². The van der Waals surface area contributed by atoms with Crippen molar-refractivity contribution in [2.75, 3.05) is 19.0 Å². The molecule has 0 radical (unpaired) electrons. The Morgan fingerprint density at radius 3 is 2.16 bits per heavy atom. The molecule has 0 spiro atoms. The molecule has 0 aliphatic rings. The van der Waals surface area contributed by atoms with Crippen molar-refractivity contribution in [2.45, 2.75) is 111 Å². The highest BCUT2D eigenvalue weighted by Gasteiger charge is 2.25. The van der Waals surface area contributed by atoms with Gasteiger partial charge in [-0.3, -0.25) is 4.99 Å². The molecule has 0 saturated heterocycles. The van der Waals surface area contributed by atoms with E-state index >= 15 is 0 Å². The largest absolute Gasteiger partial charge is 0.370 e. The average Bonchev–Trinajstić information content (AvgIpc) is 2.77. The second kappa shape index (κ2) is 14.7. The zero-order chi connectivity index (χ0) is 23.4. The van der Waals surface area contributed by atoms with E-state index in [0.717, 1.165) is 17.5 Å². The van der Waals surface area contributed by atoms with Crippen molar-refractivity contribution < 1.29 is 0 Å². The minimum absolute atomic E-state index is 0.441. The number of para-hydroxylation sites is 2. The fourth-order valence-corrected chi connectivity index (χ4v) is 4.69. The van der Waals surface area contributed by atoms with Crippen molar-refractivity contribution in [1.29, 1.82) is 0 Å². The minimum atomic E-state index is 0.441. The molecule has 3 nitrogen and oxygen atoms in total. The summed E-state index contributed by atoms with van der Waals surface area (Å²) in [6.07, 6.45) is 10.4. The quantitative estimate of drug-likeness (QED) is 0.248. The lowest BCUT2D eigenvalue weighted by atomic mass is 9.90. The van der Waals surface area contributed by atoms with Crippen molar-refractivity contribution in [3.8, 4) is 0 Å². The molecule has 0 aliphatic heterocycles. The Kier molecular flexibility index (Phi) is 13.1. The van der Waals surface area contributed by atoms with E-state index in [1.165, 1.54) is 57.1 Å². The van der Waals surface area contributed by atoms with Crippen molar-refractivity contribution in [1.82, 2.24) is 4.90 Å². The molecule has 1 aromatic rings. The first-order valence-electron chi connectivity index (χ1n) is 12.7. The maximum Gasteiger partial charge on any atom is 0.0855 e. The van der Waals surface area contributed by atoms with Gasteiger partial charge in [0, 0.05) is 25.2 Å². The number of unbranched alkanes of at least 4 members (excludes halogenated alkanes) is 1. The lowest BCUT2D eigenvalue weighted by molar-refractivity contribution is 0.132. The highest BCUT2D eigenvalue weighted by molar-refractivity contribution is 5.68. The molecule has 0 bridgehead atoms. The molecule has 1 aromatic carbocycles. The smallest absolute Gasteiger partial charge is 0.0855 e. The monoisotopic (exact) mass is 429 g/mol. The summed E-state index contributed by atoms with van der Waals surface area (Å²) in [6.45, 7) is 17.9. The predicted octanol–water partition coefficient (Wildman–Crippen LogP) is 7.97.